The fourth-order valence-electron chi connectivity index (χ4n) is 3.75. The molecule has 3 aromatic heterocycles. The lowest BCUT2D eigenvalue weighted by Crippen LogP contribution is -2.29. The molecule has 1 aliphatic rings. The Labute approximate surface area is 195 Å². The van der Waals surface area contributed by atoms with E-state index in [9.17, 15) is 22.8 Å². The molecule has 0 fully saturated rings. The molecule has 0 aromatic carbocycles. The van der Waals surface area contributed by atoms with E-state index in [-0.39, 0.29) is 41.8 Å². The number of halogens is 4. The molecule has 0 atom stereocenters. The Morgan fingerprint density at radius 3 is 2.79 bits per heavy atom. The number of carbonyl (C=O) groups excluding carboxylic acids is 1. The number of alkyl halides is 3. The molecule has 12 heteroatoms. The predicted octanol–water partition coefficient (Wildman–Crippen LogP) is 4.09. The van der Waals surface area contributed by atoms with Crippen molar-refractivity contribution in [3.63, 3.8) is 0 Å². The van der Waals surface area contributed by atoms with Crippen LogP contribution in [0.1, 0.15) is 41.1 Å². The molecule has 176 valence electrons. The summed E-state index contributed by atoms with van der Waals surface area (Å²) in [6.45, 7) is 0.449. The van der Waals surface area contributed by atoms with Crippen LogP contribution in [0.5, 0.6) is 0 Å². The first-order valence-corrected chi connectivity index (χ1v) is 11.7. The number of carbonyl (C=O) groups is 1. The largest absolute Gasteiger partial charge is 0.417 e. The number of thiophene rings is 1. The normalized spacial score (nSPS) is 13.7. The third-order valence-corrected chi connectivity index (χ3v) is 6.84. The fraction of sp³-hybridized carbons (Fsp3) is 0.429. The van der Waals surface area contributed by atoms with E-state index in [2.05, 4.69) is 25.6 Å². The first kappa shape index (κ1) is 23.5. The summed E-state index contributed by atoms with van der Waals surface area (Å²) < 4.78 is 38.0. The number of aryl methyl sites for hydroxylation is 3. The molecule has 33 heavy (non-hydrogen) atoms. The third kappa shape index (κ3) is 5.47. The van der Waals surface area contributed by atoms with E-state index >= 15 is 0 Å². The highest BCUT2D eigenvalue weighted by atomic mass is 35.5. The maximum atomic E-state index is 12.7. The van der Waals surface area contributed by atoms with E-state index in [1.165, 1.54) is 4.88 Å². The van der Waals surface area contributed by atoms with Crippen molar-refractivity contribution < 1.29 is 18.0 Å². The number of hydrogen-bond donors (Lipinski definition) is 3. The minimum absolute atomic E-state index is 0.104. The maximum absolute atomic E-state index is 12.7. The van der Waals surface area contributed by atoms with Gasteiger partial charge in [-0.2, -0.15) is 13.2 Å². The number of pyridine rings is 1. The molecule has 0 aliphatic heterocycles. The van der Waals surface area contributed by atoms with Crippen LogP contribution < -0.4 is 16.2 Å². The summed E-state index contributed by atoms with van der Waals surface area (Å²) in [5.74, 6) is 0.337. The van der Waals surface area contributed by atoms with Crippen LogP contribution in [0.25, 0.3) is 10.2 Å². The Morgan fingerprint density at radius 2 is 2.03 bits per heavy atom. The summed E-state index contributed by atoms with van der Waals surface area (Å²) >= 11 is 7.40. The number of aromatic amines is 1. The van der Waals surface area contributed by atoms with Crippen molar-refractivity contribution >= 4 is 44.9 Å². The molecule has 0 bridgehead atoms. The lowest BCUT2D eigenvalue weighted by molar-refractivity contribution is -0.137. The highest BCUT2D eigenvalue weighted by molar-refractivity contribution is 7.18. The van der Waals surface area contributed by atoms with Crippen molar-refractivity contribution in [3.8, 4) is 0 Å². The number of hydrogen-bond acceptors (Lipinski definition) is 6. The molecule has 0 radical (unpaired) electrons. The second-order valence-corrected chi connectivity index (χ2v) is 9.22. The molecule has 0 saturated carbocycles. The van der Waals surface area contributed by atoms with Crippen LogP contribution in [0.2, 0.25) is 5.02 Å². The minimum Gasteiger partial charge on any atom is -0.367 e. The van der Waals surface area contributed by atoms with Gasteiger partial charge in [-0.05, 0) is 37.3 Å². The van der Waals surface area contributed by atoms with Gasteiger partial charge in [0.25, 0.3) is 5.56 Å². The molecule has 3 aromatic rings. The maximum Gasteiger partial charge on any atom is 0.417 e. The van der Waals surface area contributed by atoms with Crippen molar-refractivity contribution in [1.29, 1.82) is 0 Å². The quantitative estimate of drug-likeness (QED) is 0.425. The van der Waals surface area contributed by atoms with Gasteiger partial charge in [0.05, 0.1) is 16.0 Å². The van der Waals surface area contributed by atoms with E-state index < -0.39 is 11.7 Å². The second-order valence-electron chi connectivity index (χ2n) is 7.73. The third-order valence-electron chi connectivity index (χ3n) is 5.37. The summed E-state index contributed by atoms with van der Waals surface area (Å²) in [5, 5.41) is 6.02. The van der Waals surface area contributed by atoms with Gasteiger partial charge in [0.1, 0.15) is 16.5 Å². The van der Waals surface area contributed by atoms with Crippen LogP contribution in [0, 0.1) is 0 Å². The Balaban J connectivity index is 1.26. The number of rotatable bonds is 7. The number of nitrogens with zero attached hydrogens (tertiary/aromatic N) is 2. The summed E-state index contributed by atoms with van der Waals surface area (Å²) in [7, 11) is 0. The molecule has 1 amide bonds. The molecule has 3 N–H and O–H groups in total. The van der Waals surface area contributed by atoms with Crippen molar-refractivity contribution in [2.75, 3.05) is 18.4 Å². The van der Waals surface area contributed by atoms with Crippen molar-refractivity contribution in [2.45, 2.75) is 44.7 Å². The average Bonchev–Trinajstić information content (AvgIpc) is 3.14. The minimum atomic E-state index is -4.52. The van der Waals surface area contributed by atoms with Gasteiger partial charge in [0.2, 0.25) is 5.91 Å². The van der Waals surface area contributed by atoms with Crippen LogP contribution in [0.4, 0.5) is 19.0 Å². The Morgan fingerprint density at radius 1 is 1.24 bits per heavy atom. The SMILES string of the molecule is O=C(CCc1nc2sc3c(c2c(=O)[nH]1)CCCC3)NCCNc1ncc(C(F)(F)F)cc1Cl. The zero-order valence-corrected chi connectivity index (χ0v) is 19.0. The number of fused-ring (bicyclic) bond motifs is 3. The molecule has 3 heterocycles. The van der Waals surface area contributed by atoms with Crippen LogP contribution in [-0.2, 0) is 30.2 Å². The highest BCUT2D eigenvalue weighted by Gasteiger charge is 2.31. The smallest absolute Gasteiger partial charge is 0.367 e. The van der Waals surface area contributed by atoms with Gasteiger partial charge < -0.3 is 15.6 Å². The molecule has 0 unspecified atom stereocenters. The zero-order valence-electron chi connectivity index (χ0n) is 17.4. The van der Waals surface area contributed by atoms with Gasteiger partial charge in [0.15, 0.2) is 0 Å². The zero-order chi connectivity index (χ0) is 23.6. The number of aromatic nitrogens is 3. The highest BCUT2D eigenvalue weighted by Crippen LogP contribution is 2.34. The molecule has 1 aliphatic carbocycles. The van der Waals surface area contributed by atoms with E-state index in [1.807, 2.05) is 0 Å². The Hall–Kier alpha value is -2.66. The van der Waals surface area contributed by atoms with Crippen LogP contribution in [-0.4, -0.2) is 33.9 Å². The summed E-state index contributed by atoms with van der Waals surface area (Å²) in [6, 6.07) is 0.796. The first-order valence-electron chi connectivity index (χ1n) is 10.5. The Kier molecular flexibility index (Phi) is 6.89. The standard InChI is InChI=1S/C21H21ClF3N5O2S/c22-13-9-11(21(23,24)25)10-28-18(13)27-8-7-26-16(31)6-5-15-29-19(32)17-12-3-1-2-4-14(12)33-20(17)30-15/h9-10H,1-8H2,(H,26,31)(H,27,28)(H,29,30,32). The van der Waals surface area contributed by atoms with Crippen LogP contribution in [0.15, 0.2) is 17.1 Å². The number of anilines is 1. The number of nitrogens with one attached hydrogen (secondary N) is 3. The van der Waals surface area contributed by atoms with Gasteiger partial charge >= 0.3 is 6.18 Å². The summed E-state index contributed by atoms with van der Waals surface area (Å²) in [4.78, 5) is 37.7. The monoisotopic (exact) mass is 499 g/mol. The van der Waals surface area contributed by atoms with Gasteiger partial charge in [0, 0.05) is 37.0 Å². The van der Waals surface area contributed by atoms with Gasteiger partial charge in [-0.15, -0.1) is 11.3 Å². The lowest BCUT2D eigenvalue weighted by atomic mass is 9.97. The van der Waals surface area contributed by atoms with Gasteiger partial charge in [-0.3, -0.25) is 9.59 Å². The van der Waals surface area contributed by atoms with Crippen molar-refractivity contribution in [3.05, 3.63) is 49.5 Å². The van der Waals surface area contributed by atoms with Crippen molar-refractivity contribution in [2.24, 2.45) is 0 Å². The van der Waals surface area contributed by atoms with Gasteiger partial charge in [-0.1, -0.05) is 11.6 Å². The van der Waals surface area contributed by atoms with Crippen LogP contribution >= 0.6 is 22.9 Å². The van der Waals surface area contributed by atoms with E-state index in [4.69, 9.17) is 11.6 Å². The number of amides is 1. The molecule has 0 spiro atoms. The summed E-state index contributed by atoms with van der Waals surface area (Å²) in [6.07, 6.45) is 0.698. The first-order chi connectivity index (χ1) is 15.7. The lowest BCUT2D eigenvalue weighted by Gasteiger charge is -2.11. The predicted molar refractivity (Wildman–Crippen MR) is 121 cm³/mol. The van der Waals surface area contributed by atoms with Crippen LogP contribution in [0.3, 0.4) is 0 Å². The second kappa shape index (κ2) is 9.68. The van der Waals surface area contributed by atoms with E-state index in [1.54, 1.807) is 11.3 Å². The van der Waals surface area contributed by atoms with E-state index in [0.717, 1.165) is 42.1 Å². The van der Waals surface area contributed by atoms with Gasteiger partial charge in [-0.25, -0.2) is 9.97 Å². The topological polar surface area (TPSA) is 99.8 Å². The molecule has 4 rings (SSSR count). The average molecular weight is 500 g/mol. The molecule has 0 saturated heterocycles. The Bertz CT molecular complexity index is 1240. The van der Waals surface area contributed by atoms with E-state index in [0.29, 0.717) is 23.8 Å². The molecular formula is C21H21ClF3N5O2S. The summed E-state index contributed by atoms with van der Waals surface area (Å²) in [5.41, 5.74) is 0.0354. The van der Waals surface area contributed by atoms with Crippen molar-refractivity contribution in [1.82, 2.24) is 20.3 Å². The number of H-pyrrole nitrogens is 1. The molecular weight excluding hydrogens is 479 g/mol. The fourth-order valence-corrected chi connectivity index (χ4v) is 5.27. The molecule has 7 nitrogen and oxygen atoms in total.